The maximum Gasteiger partial charge on any atom is 0.0221 e. The Morgan fingerprint density at radius 1 is 1.44 bits per heavy atom. The predicted octanol–water partition coefficient (Wildman–Crippen LogP) is 1.39. The number of piperidine rings is 1. The molecule has 1 fully saturated rings. The second-order valence-electron chi connectivity index (χ2n) is 6.47. The third-order valence-corrected chi connectivity index (χ3v) is 3.82. The van der Waals surface area contributed by atoms with Crippen molar-refractivity contribution in [3.8, 4) is 0 Å². The van der Waals surface area contributed by atoms with Crippen LogP contribution in [0.4, 0.5) is 0 Å². The van der Waals surface area contributed by atoms with E-state index in [1.807, 2.05) is 0 Å². The van der Waals surface area contributed by atoms with Crippen LogP contribution in [0.3, 0.4) is 0 Å². The van der Waals surface area contributed by atoms with Gasteiger partial charge in [0, 0.05) is 25.2 Å². The van der Waals surface area contributed by atoms with E-state index in [0.717, 1.165) is 6.54 Å². The monoisotopic (exact) mass is 227 g/mol. The first-order valence-electron chi connectivity index (χ1n) is 6.45. The predicted molar refractivity (Wildman–Crippen MR) is 70.6 cm³/mol. The highest BCUT2D eigenvalue weighted by Gasteiger charge is 2.26. The van der Waals surface area contributed by atoms with Gasteiger partial charge in [-0.05, 0) is 38.9 Å². The Bertz CT molecular complexity index is 210. The Labute approximate surface area is 101 Å². The molecule has 3 nitrogen and oxygen atoms in total. The van der Waals surface area contributed by atoms with E-state index >= 15 is 0 Å². The quantitative estimate of drug-likeness (QED) is 0.791. The number of hydrogen-bond donors (Lipinski definition) is 1. The third kappa shape index (κ3) is 4.04. The highest BCUT2D eigenvalue weighted by Crippen LogP contribution is 2.20. The van der Waals surface area contributed by atoms with E-state index in [9.17, 15) is 0 Å². The minimum atomic E-state index is 0.203. The van der Waals surface area contributed by atoms with Crippen LogP contribution in [0.5, 0.6) is 0 Å². The molecule has 0 radical (unpaired) electrons. The minimum Gasteiger partial charge on any atom is -0.326 e. The van der Waals surface area contributed by atoms with Gasteiger partial charge in [-0.25, -0.2) is 0 Å². The summed E-state index contributed by atoms with van der Waals surface area (Å²) in [5.41, 5.74) is 6.44. The molecule has 0 bridgehead atoms. The Morgan fingerprint density at radius 2 is 2.06 bits per heavy atom. The first-order chi connectivity index (χ1) is 7.30. The molecule has 1 aliphatic rings. The molecule has 96 valence electrons. The summed E-state index contributed by atoms with van der Waals surface area (Å²) in [7, 11) is 4.43. The molecule has 0 aromatic heterocycles. The summed E-state index contributed by atoms with van der Waals surface area (Å²) >= 11 is 0. The fourth-order valence-electron chi connectivity index (χ4n) is 2.23. The normalized spacial score (nSPS) is 26.1. The highest BCUT2D eigenvalue weighted by molar-refractivity contribution is 4.84. The van der Waals surface area contributed by atoms with Crippen LogP contribution in [0, 0.1) is 5.41 Å². The van der Waals surface area contributed by atoms with Crippen LogP contribution in [-0.2, 0) is 0 Å². The van der Waals surface area contributed by atoms with E-state index in [1.54, 1.807) is 0 Å². The zero-order valence-electron chi connectivity index (χ0n) is 11.7. The highest BCUT2D eigenvalue weighted by atomic mass is 15.2. The van der Waals surface area contributed by atoms with Crippen molar-refractivity contribution < 1.29 is 0 Å². The van der Waals surface area contributed by atoms with Gasteiger partial charge in [0.05, 0.1) is 0 Å². The second kappa shape index (κ2) is 5.48. The molecule has 0 aromatic rings. The Balaban J connectivity index is 2.42. The van der Waals surface area contributed by atoms with Crippen LogP contribution in [0.1, 0.15) is 33.6 Å². The van der Waals surface area contributed by atoms with Gasteiger partial charge in [-0.2, -0.15) is 0 Å². The lowest BCUT2D eigenvalue weighted by Crippen LogP contribution is -2.51. The van der Waals surface area contributed by atoms with Crippen molar-refractivity contribution in [1.29, 1.82) is 0 Å². The van der Waals surface area contributed by atoms with Crippen LogP contribution in [0.15, 0.2) is 0 Å². The van der Waals surface area contributed by atoms with Gasteiger partial charge in [0.1, 0.15) is 0 Å². The van der Waals surface area contributed by atoms with Crippen molar-refractivity contribution in [3.05, 3.63) is 0 Å². The fraction of sp³-hybridized carbons (Fsp3) is 1.00. The molecular weight excluding hydrogens is 198 g/mol. The third-order valence-electron chi connectivity index (χ3n) is 3.82. The molecule has 3 heteroatoms. The zero-order chi connectivity index (χ0) is 12.3. The number of hydrogen-bond acceptors (Lipinski definition) is 3. The zero-order valence-corrected chi connectivity index (χ0v) is 11.7. The van der Waals surface area contributed by atoms with Gasteiger partial charge in [0.25, 0.3) is 0 Å². The van der Waals surface area contributed by atoms with E-state index in [4.69, 9.17) is 5.73 Å². The van der Waals surface area contributed by atoms with Gasteiger partial charge in [0.15, 0.2) is 0 Å². The molecule has 1 aliphatic heterocycles. The largest absolute Gasteiger partial charge is 0.326 e. The van der Waals surface area contributed by atoms with Gasteiger partial charge in [-0.1, -0.05) is 20.8 Å². The van der Waals surface area contributed by atoms with Crippen LogP contribution < -0.4 is 5.73 Å². The molecule has 1 saturated heterocycles. The molecular formula is C13H29N3. The summed E-state index contributed by atoms with van der Waals surface area (Å²) in [5, 5.41) is 0. The topological polar surface area (TPSA) is 32.5 Å². The van der Waals surface area contributed by atoms with Crippen LogP contribution in [0.25, 0.3) is 0 Å². The Hall–Kier alpha value is -0.120. The lowest BCUT2D eigenvalue weighted by molar-refractivity contribution is 0.114. The SMILES string of the molecule is CN1CCCC(N(C)CC(N)C(C)(C)C)C1. The summed E-state index contributed by atoms with van der Waals surface area (Å²) < 4.78 is 0. The molecule has 0 saturated carbocycles. The standard InChI is InChI=1S/C13H29N3/c1-13(2,3)12(14)10-16(5)11-7-6-8-15(4)9-11/h11-12H,6-10,14H2,1-5H3. The fourth-order valence-corrected chi connectivity index (χ4v) is 2.23. The van der Waals surface area contributed by atoms with E-state index in [0.29, 0.717) is 6.04 Å². The average molecular weight is 227 g/mol. The molecule has 0 amide bonds. The van der Waals surface area contributed by atoms with Crippen molar-refractivity contribution in [2.75, 3.05) is 33.7 Å². The molecule has 0 aromatic carbocycles. The van der Waals surface area contributed by atoms with Crippen LogP contribution in [0.2, 0.25) is 0 Å². The Kier molecular flexibility index (Phi) is 4.77. The van der Waals surface area contributed by atoms with Gasteiger partial charge in [0.2, 0.25) is 0 Å². The van der Waals surface area contributed by atoms with Gasteiger partial charge in [-0.15, -0.1) is 0 Å². The van der Waals surface area contributed by atoms with Crippen molar-refractivity contribution in [2.24, 2.45) is 11.1 Å². The van der Waals surface area contributed by atoms with Gasteiger partial charge >= 0.3 is 0 Å². The van der Waals surface area contributed by atoms with Crippen molar-refractivity contribution >= 4 is 0 Å². The molecule has 0 spiro atoms. The lowest BCUT2D eigenvalue weighted by atomic mass is 9.87. The maximum atomic E-state index is 6.24. The molecule has 0 aliphatic carbocycles. The van der Waals surface area contributed by atoms with E-state index in [2.05, 4.69) is 44.7 Å². The van der Waals surface area contributed by atoms with Crippen molar-refractivity contribution in [1.82, 2.24) is 9.80 Å². The molecule has 2 N–H and O–H groups in total. The summed E-state index contributed by atoms with van der Waals surface area (Å²) in [6.07, 6.45) is 2.63. The first kappa shape index (κ1) is 13.9. The number of likely N-dealkylation sites (N-methyl/N-ethyl adjacent to an activating group) is 2. The maximum absolute atomic E-state index is 6.24. The smallest absolute Gasteiger partial charge is 0.0221 e. The molecule has 2 unspecified atom stereocenters. The average Bonchev–Trinajstić information content (AvgIpc) is 2.16. The second-order valence-corrected chi connectivity index (χ2v) is 6.47. The van der Waals surface area contributed by atoms with E-state index in [-0.39, 0.29) is 11.5 Å². The molecule has 1 heterocycles. The van der Waals surface area contributed by atoms with Gasteiger partial charge in [-0.3, -0.25) is 0 Å². The first-order valence-corrected chi connectivity index (χ1v) is 6.45. The van der Waals surface area contributed by atoms with Crippen LogP contribution in [-0.4, -0.2) is 55.6 Å². The molecule has 16 heavy (non-hydrogen) atoms. The molecule has 1 rings (SSSR count). The van der Waals surface area contributed by atoms with E-state index in [1.165, 1.54) is 25.9 Å². The number of rotatable bonds is 3. The summed E-state index contributed by atoms with van der Waals surface area (Å²) in [6.45, 7) is 10.1. The Morgan fingerprint density at radius 3 is 2.56 bits per heavy atom. The van der Waals surface area contributed by atoms with Gasteiger partial charge < -0.3 is 15.5 Å². The summed E-state index contributed by atoms with van der Waals surface area (Å²) in [5.74, 6) is 0. The number of nitrogens with zero attached hydrogens (tertiary/aromatic N) is 2. The summed E-state index contributed by atoms with van der Waals surface area (Å²) in [4.78, 5) is 4.87. The summed E-state index contributed by atoms with van der Waals surface area (Å²) in [6, 6.07) is 0.942. The van der Waals surface area contributed by atoms with Crippen molar-refractivity contribution in [3.63, 3.8) is 0 Å². The number of nitrogens with two attached hydrogens (primary N) is 1. The van der Waals surface area contributed by atoms with E-state index < -0.39 is 0 Å². The minimum absolute atomic E-state index is 0.203. The number of likely N-dealkylation sites (tertiary alicyclic amines) is 1. The van der Waals surface area contributed by atoms with Crippen LogP contribution >= 0.6 is 0 Å². The van der Waals surface area contributed by atoms with Crippen molar-refractivity contribution in [2.45, 2.75) is 45.7 Å². The lowest BCUT2D eigenvalue weighted by Gasteiger charge is -2.39. The molecule has 2 atom stereocenters.